The molecule has 118 valence electrons. The van der Waals surface area contributed by atoms with Crippen molar-refractivity contribution in [3.8, 4) is 0 Å². The molecule has 6 heteroatoms. The Kier molecular flexibility index (Phi) is 4.49. The summed E-state index contributed by atoms with van der Waals surface area (Å²) in [5, 5.41) is 11.2. The monoisotopic (exact) mass is 302 g/mol. The number of carboxylic acid groups (broad SMARTS) is 1. The summed E-state index contributed by atoms with van der Waals surface area (Å²) in [6, 6.07) is 5.56. The normalized spacial score (nSPS) is 11.6. The molecule has 0 radical (unpaired) electrons. The molecule has 22 heavy (non-hydrogen) atoms. The summed E-state index contributed by atoms with van der Waals surface area (Å²) >= 11 is 0. The van der Waals surface area contributed by atoms with Gasteiger partial charge in [-0.1, -0.05) is 6.07 Å². The van der Waals surface area contributed by atoms with Crippen molar-refractivity contribution in [1.82, 2.24) is 14.3 Å². The molecule has 0 aromatic carbocycles. The minimum atomic E-state index is -1.18. The largest absolute Gasteiger partial charge is 0.530 e. The lowest BCUT2D eigenvalue weighted by molar-refractivity contribution is -0.270. The third-order valence-electron chi connectivity index (χ3n) is 3.60. The van der Waals surface area contributed by atoms with Crippen molar-refractivity contribution >= 4 is 18.0 Å². The highest BCUT2D eigenvalue weighted by atomic mass is 16.4. The van der Waals surface area contributed by atoms with E-state index in [1.54, 1.807) is 0 Å². The number of aromatic nitrogens is 2. The van der Waals surface area contributed by atoms with E-state index in [-0.39, 0.29) is 0 Å². The zero-order valence-electron chi connectivity index (χ0n) is 13.1. The fourth-order valence-corrected chi connectivity index (χ4v) is 2.51. The molecule has 0 fully saturated rings. The van der Waals surface area contributed by atoms with Gasteiger partial charge in [0.25, 0.3) is 0 Å². The topological polar surface area (TPSA) is 77.7 Å². The lowest BCUT2D eigenvalue weighted by Crippen LogP contribution is -2.52. The molecule has 0 aliphatic heterocycles. The molecule has 0 spiro atoms. The average Bonchev–Trinajstić information content (AvgIpc) is 2.79. The maximum Gasteiger partial charge on any atom is 0.170 e. The molecular formula is C16H20N3O3-. The van der Waals surface area contributed by atoms with Crippen molar-refractivity contribution in [2.45, 2.75) is 39.2 Å². The van der Waals surface area contributed by atoms with Crippen LogP contribution in [0.1, 0.15) is 43.4 Å². The molecule has 0 saturated heterocycles. The number of imidazole rings is 1. The number of amides is 1. The van der Waals surface area contributed by atoms with Crippen LogP contribution in [0.15, 0.2) is 24.4 Å². The molecule has 0 unspecified atom stereocenters. The Morgan fingerprint density at radius 1 is 1.41 bits per heavy atom. The van der Waals surface area contributed by atoms with Gasteiger partial charge in [0.2, 0.25) is 0 Å². The summed E-state index contributed by atoms with van der Waals surface area (Å²) in [6.07, 6.45) is 2.57. The van der Waals surface area contributed by atoms with Gasteiger partial charge in [-0.15, -0.1) is 0 Å². The van der Waals surface area contributed by atoms with Gasteiger partial charge < -0.3 is 19.2 Å². The van der Waals surface area contributed by atoms with Crippen molar-refractivity contribution in [3.05, 3.63) is 35.8 Å². The molecule has 2 aromatic rings. The Hall–Kier alpha value is -2.37. The molecule has 0 bridgehead atoms. The van der Waals surface area contributed by atoms with Crippen LogP contribution < -0.4 is 5.11 Å². The Morgan fingerprint density at radius 3 is 2.73 bits per heavy atom. The van der Waals surface area contributed by atoms with E-state index in [1.165, 1.54) is 4.90 Å². The van der Waals surface area contributed by atoms with E-state index in [1.807, 2.05) is 49.6 Å². The van der Waals surface area contributed by atoms with E-state index >= 15 is 0 Å². The van der Waals surface area contributed by atoms with E-state index in [4.69, 9.17) is 0 Å². The van der Waals surface area contributed by atoms with Crippen LogP contribution in [0.3, 0.4) is 0 Å². The molecule has 1 amide bonds. The average molecular weight is 302 g/mol. The summed E-state index contributed by atoms with van der Waals surface area (Å²) in [4.78, 5) is 28.0. The SMILES string of the molecule is CC(C)(C)N(CCCc1c(C=O)nc2ccccn12)C(=O)[O-]. The quantitative estimate of drug-likeness (QED) is 0.785. The van der Waals surface area contributed by atoms with E-state index in [9.17, 15) is 14.7 Å². The summed E-state index contributed by atoms with van der Waals surface area (Å²) in [5.41, 5.74) is 1.41. The smallest absolute Gasteiger partial charge is 0.170 e. The Bertz CT molecular complexity index is 685. The van der Waals surface area contributed by atoms with Gasteiger partial charge in [0, 0.05) is 18.3 Å². The number of fused-ring (bicyclic) bond motifs is 1. The molecule has 2 rings (SSSR count). The van der Waals surface area contributed by atoms with Crippen LogP contribution in [0.4, 0.5) is 4.79 Å². The fourth-order valence-electron chi connectivity index (χ4n) is 2.51. The third-order valence-corrected chi connectivity index (χ3v) is 3.60. The highest BCUT2D eigenvalue weighted by Crippen LogP contribution is 2.16. The minimum Gasteiger partial charge on any atom is -0.530 e. The third kappa shape index (κ3) is 3.27. The molecule has 0 saturated carbocycles. The van der Waals surface area contributed by atoms with Crippen molar-refractivity contribution < 1.29 is 14.7 Å². The van der Waals surface area contributed by atoms with Crippen molar-refractivity contribution in [3.63, 3.8) is 0 Å². The van der Waals surface area contributed by atoms with Crippen molar-refractivity contribution in [2.24, 2.45) is 0 Å². The van der Waals surface area contributed by atoms with E-state index in [0.717, 1.165) is 12.0 Å². The summed E-state index contributed by atoms with van der Waals surface area (Å²) in [7, 11) is 0. The molecule has 2 heterocycles. The number of rotatable bonds is 5. The van der Waals surface area contributed by atoms with Crippen LogP contribution in [0.25, 0.3) is 5.65 Å². The number of aryl methyl sites for hydroxylation is 1. The molecule has 0 atom stereocenters. The van der Waals surface area contributed by atoms with Crippen molar-refractivity contribution in [2.75, 3.05) is 6.54 Å². The number of hydrogen-bond acceptors (Lipinski definition) is 4. The van der Waals surface area contributed by atoms with Gasteiger partial charge in [-0.25, -0.2) is 4.98 Å². The highest BCUT2D eigenvalue weighted by molar-refractivity contribution is 5.75. The second kappa shape index (κ2) is 6.17. The molecule has 2 aromatic heterocycles. The van der Waals surface area contributed by atoms with Gasteiger partial charge in [-0.2, -0.15) is 0 Å². The van der Waals surface area contributed by atoms with Crippen molar-refractivity contribution in [1.29, 1.82) is 0 Å². The summed E-state index contributed by atoms with van der Waals surface area (Å²) in [5.74, 6) is 0. The maximum atomic E-state index is 11.2. The molecule has 0 aliphatic rings. The van der Waals surface area contributed by atoms with Crippen LogP contribution in [-0.4, -0.2) is 38.7 Å². The van der Waals surface area contributed by atoms with Crippen LogP contribution in [0, 0.1) is 0 Å². The first-order valence-electron chi connectivity index (χ1n) is 7.24. The Labute approximate surface area is 129 Å². The maximum absolute atomic E-state index is 11.2. The number of carbonyl (C=O) groups excluding carboxylic acids is 2. The first-order valence-corrected chi connectivity index (χ1v) is 7.24. The van der Waals surface area contributed by atoms with E-state index in [2.05, 4.69) is 4.98 Å². The lowest BCUT2D eigenvalue weighted by Gasteiger charge is -2.37. The summed E-state index contributed by atoms with van der Waals surface area (Å²) in [6.45, 7) is 5.83. The lowest BCUT2D eigenvalue weighted by atomic mass is 10.1. The molecule has 0 aliphatic carbocycles. The van der Waals surface area contributed by atoms with Gasteiger partial charge in [-0.05, 0) is 45.7 Å². The number of nitrogens with zero attached hydrogens (tertiary/aromatic N) is 3. The second-order valence-electron chi connectivity index (χ2n) is 6.18. The number of aldehydes is 1. The van der Waals surface area contributed by atoms with Gasteiger partial charge in [0.15, 0.2) is 6.29 Å². The fraction of sp³-hybridized carbons (Fsp3) is 0.438. The molecular weight excluding hydrogens is 282 g/mol. The first-order chi connectivity index (χ1) is 10.3. The van der Waals surface area contributed by atoms with E-state index < -0.39 is 11.6 Å². The van der Waals surface area contributed by atoms with Gasteiger partial charge in [0.05, 0.1) is 5.69 Å². The zero-order valence-corrected chi connectivity index (χ0v) is 13.1. The van der Waals surface area contributed by atoms with Crippen LogP contribution in [-0.2, 0) is 6.42 Å². The number of hydrogen-bond donors (Lipinski definition) is 0. The van der Waals surface area contributed by atoms with Crippen LogP contribution in [0.5, 0.6) is 0 Å². The minimum absolute atomic E-state index is 0.351. The number of pyridine rings is 1. The molecule has 6 nitrogen and oxygen atoms in total. The predicted molar refractivity (Wildman–Crippen MR) is 80.8 cm³/mol. The van der Waals surface area contributed by atoms with Gasteiger partial charge in [0.1, 0.15) is 17.4 Å². The Balaban J connectivity index is 2.15. The zero-order chi connectivity index (χ0) is 16.3. The first kappa shape index (κ1) is 16.0. The van der Waals surface area contributed by atoms with Crippen LogP contribution in [0.2, 0.25) is 0 Å². The van der Waals surface area contributed by atoms with Gasteiger partial charge >= 0.3 is 0 Å². The van der Waals surface area contributed by atoms with E-state index in [0.29, 0.717) is 30.7 Å². The standard InChI is InChI=1S/C16H21N3O3/c1-16(2,3)19(15(21)22)10-6-7-13-12(11-20)17-14-8-4-5-9-18(13)14/h4-5,8-9,11H,6-7,10H2,1-3H3,(H,21,22)/p-1. The Morgan fingerprint density at radius 2 is 2.14 bits per heavy atom. The molecule has 0 N–H and O–H groups in total. The number of carbonyl (C=O) groups is 2. The van der Waals surface area contributed by atoms with Crippen LogP contribution >= 0.6 is 0 Å². The summed E-state index contributed by atoms with van der Waals surface area (Å²) < 4.78 is 1.87. The second-order valence-corrected chi connectivity index (χ2v) is 6.18. The van der Waals surface area contributed by atoms with Gasteiger partial charge in [-0.3, -0.25) is 4.79 Å². The predicted octanol–water partition coefficient (Wildman–Crippen LogP) is 1.52. The highest BCUT2D eigenvalue weighted by Gasteiger charge is 2.21.